The molecule has 104 valence electrons. The highest BCUT2D eigenvalue weighted by Crippen LogP contribution is 2.28. The SMILES string of the molecule is O=C(O)c1cccc(F)c1OC1CCCCCC1O. The second kappa shape index (κ2) is 6.02. The zero-order chi connectivity index (χ0) is 13.8. The summed E-state index contributed by atoms with van der Waals surface area (Å²) >= 11 is 0. The van der Waals surface area contributed by atoms with Gasteiger partial charge in [0, 0.05) is 0 Å². The van der Waals surface area contributed by atoms with Crippen molar-refractivity contribution in [2.24, 2.45) is 0 Å². The topological polar surface area (TPSA) is 66.8 Å². The molecule has 0 bridgehead atoms. The molecule has 19 heavy (non-hydrogen) atoms. The summed E-state index contributed by atoms with van der Waals surface area (Å²) in [7, 11) is 0. The Balaban J connectivity index is 2.24. The lowest BCUT2D eigenvalue weighted by Crippen LogP contribution is -2.31. The molecule has 0 aliphatic heterocycles. The van der Waals surface area contributed by atoms with Gasteiger partial charge in [-0.25, -0.2) is 9.18 Å². The van der Waals surface area contributed by atoms with Crippen LogP contribution in [-0.4, -0.2) is 28.4 Å². The van der Waals surface area contributed by atoms with E-state index in [2.05, 4.69) is 0 Å². The Bertz CT molecular complexity index is 461. The highest BCUT2D eigenvalue weighted by atomic mass is 19.1. The number of rotatable bonds is 3. The van der Waals surface area contributed by atoms with Gasteiger partial charge >= 0.3 is 5.97 Å². The van der Waals surface area contributed by atoms with E-state index in [1.54, 1.807) is 0 Å². The van der Waals surface area contributed by atoms with E-state index in [9.17, 15) is 14.3 Å². The summed E-state index contributed by atoms with van der Waals surface area (Å²) in [6.45, 7) is 0. The predicted octanol–water partition coefficient (Wildman–Crippen LogP) is 2.60. The maximum absolute atomic E-state index is 13.7. The molecule has 1 fully saturated rings. The maximum atomic E-state index is 13.7. The molecular weight excluding hydrogens is 251 g/mol. The molecule has 1 aliphatic carbocycles. The zero-order valence-corrected chi connectivity index (χ0v) is 10.5. The number of aliphatic hydroxyl groups is 1. The lowest BCUT2D eigenvalue weighted by molar-refractivity contribution is 0.0283. The van der Waals surface area contributed by atoms with Gasteiger partial charge in [-0.15, -0.1) is 0 Å². The highest BCUT2D eigenvalue weighted by Gasteiger charge is 2.26. The van der Waals surface area contributed by atoms with Crippen LogP contribution in [0.5, 0.6) is 5.75 Å². The van der Waals surface area contributed by atoms with Crippen molar-refractivity contribution in [2.75, 3.05) is 0 Å². The molecule has 1 aromatic rings. The van der Waals surface area contributed by atoms with Gasteiger partial charge in [0.1, 0.15) is 11.7 Å². The molecule has 5 heteroatoms. The smallest absolute Gasteiger partial charge is 0.339 e. The molecule has 1 aliphatic rings. The van der Waals surface area contributed by atoms with Crippen LogP contribution in [0.1, 0.15) is 42.5 Å². The molecule has 2 rings (SSSR count). The van der Waals surface area contributed by atoms with Crippen LogP contribution in [0.25, 0.3) is 0 Å². The average Bonchev–Trinajstić information content (AvgIpc) is 2.57. The number of aliphatic hydroxyl groups excluding tert-OH is 1. The molecule has 0 radical (unpaired) electrons. The van der Waals surface area contributed by atoms with Crippen LogP contribution in [0.3, 0.4) is 0 Å². The first-order valence-electron chi connectivity index (χ1n) is 6.46. The van der Waals surface area contributed by atoms with Crippen LogP contribution in [0.15, 0.2) is 18.2 Å². The van der Waals surface area contributed by atoms with Gasteiger partial charge in [-0.05, 0) is 31.4 Å². The molecule has 4 nitrogen and oxygen atoms in total. The van der Waals surface area contributed by atoms with E-state index in [1.165, 1.54) is 12.1 Å². The Hall–Kier alpha value is -1.62. The molecule has 0 spiro atoms. The van der Waals surface area contributed by atoms with E-state index in [0.717, 1.165) is 25.3 Å². The van der Waals surface area contributed by atoms with Crippen molar-refractivity contribution in [1.82, 2.24) is 0 Å². The monoisotopic (exact) mass is 268 g/mol. The molecule has 2 atom stereocenters. The summed E-state index contributed by atoms with van der Waals surface area (Å²) in [6, 6.07) is 3.78. The van der Waals surface area contributed by atoms with Gasteiger partial charge in [0.15, 0.2) is 11.6 Å². The molecular formula is C14H17FO4. The Kier molecular flexibility index (Phi) is 4.37. The largest absolute Gasteiger partial charge is 0.484 e. The van der Waals surface area contributed by atoms with Gasteiger partial charge in [-0.1, -0.05) is 18.9 Å². The lowest BCUT2D eigenvalue weighted by Gasteiger charge is -2.23. The van der Waals surface area contributed by atoms with Gasteiger partial charge in [-0.2, -0.15) is 0 Å². The number of hydrogen-bond acceptors (Lipinski definition) is 3. The number of carboxylic acids is 1. The van der Waals surface area contributed by atoms with Crippen LogP contribution in [0, 0.1) is 5.82 Å². The quantitative estimate of drug-likeness (QED) is 0.827. The summed E-state index contributed by atoms with van der Waals surface area (Å²) in [5.41, 5.74) is -0.212. The molecule has 2 unspecified atom stereocenters. The fraction of sp³-hybridized carbons (Fsp3) is 0.500. The third kappa shape index (κ3) is 3.23. The van der Waals surface area contributed by atoms with E-state index in [4.69, 9.17) is 9.84 Å². The van der Waals surface area contributed by atoms with Gasteiger partial charge < -0.3 is 14.9 Å². The Morgan fingerprint density at radius 3 is 2.74 bits per heavy atom. The van der Waals surface area contributed by atoms with E-state index < -0.39 is 24.0 Å². The molecule has 0 heterocycles. The summed E-state index contributed by atoms with van der Waals surface area (Å²) in [5.74, 6) is -2.23. The minimum absolute atomic E-state index is 0.212. The number of para-hydroxylation sites is 1. The average molecular weight is 268 g/mol. The molecule has 1 saturated carbocycles. The van der Waals surface area contributed by atoms with Crippen LogP contribution in [-0.2, 0) is 0 Å². The molecule has 2 N–H and O–H groups in total. The number of hydrogen-bond donors (Lipinski definition) is 2. The molecule has 0 aromatic heterocycles. The number of benzene rings is 1. The Morgan fingerprint density at radius 1 is 1.26 bits per heavy atom. The number of carbonyl (C=O) groups is 1. The van der Waals surface area contributed by atoms with E-state index in [-0.39, 0.29) is 11.3 Å². The third-order valence-electron chi connectivity index (χ3n) is 3.38. The van der Waals surface area contributed by atoms with Crippen LogP contribution < -0.4 is 4.74 Å². The number of carboxylic acid groups (broad SMARTS) is 1. The van der Waals surface area contributed by atoms with Gasteiger partial charge in [0.25, 0.3) is 0 Å². The fourth-order valence-electron chi connectivity index (χ4n) is 2.34. The number of aromatic carboxylic acids is 1. The third-order valence-corrected chi connectivity index (χ3v) is 3.38. The maximum Gasteiger partial charge on any atom is 0.339 e. The molecule has 1 aromatic carbocycles. The predicted molar refractivity (Wildman–Crippen MR) is 66.9 cm³/mol. The van der Waals surface area contributed by atoms with Crippen molar-refractivity contribution < 1.29 is 24.1 Å². The fourth-order valence-corrected chi connectivity index (χ4v) is 2.34. The van der Waals surface area contributed by atoms with Crippen molar-refractivity contribution in [3.05, 3.63) is 29.6 Å². The van der Waals surface area contributed by atoms with Gasteiger partial charge in [-0.3, -0.25) is 0 Å². The Labute approximate surface area is 110 Å². The van der Waals surface area contributed by atoms with Gasteiger partial charge in [0.2, 0.25) is 0 Å². The van der Waals surface area contributed by atoms with Crippen LogP contribution in [0.2, 0.25) is 0 Å². The van der Waals surface area contributed by atoms with Crippen molar-refractivity contribution in [1.29, 1.82) is 0 Å². The first-order valence-corrected chi connectivity index (χ1v) is 6.46. The summed E-state index contributed by atoms with van der Waals surface area (Å²) in [5, 5.41) is 19.0. The molecule has 0 amide bonds. The second-order valence-corrected chi connectivity index (χ2v) is 4.78. The number of ether oxygens (including phenoxy) is 1. The molecule has 0 saturated heterocycles. The van der Waals surface area contributed by atoms with E-state index >= 15 is 0 Å². The standard InChI is InChI=1S/C14H17FO4/c15-10-6-4-5-9(14(17)18)13(10)19-12-8-3-1-2-7-11(12)16/h4-6,11-12,16H,1-3,7-8H2,(H,17,18). The summed E-state index contributed by atoms with van der Waals surface area (Å²) in [6.07, 6.45) is 2.78. The first-order chi connectivity index (χ1) is 9.09. The van der Waals surface area contributed by atoms with Crippen molar-refractivity contribution >= 4 is 5.97 Å². The lowest BCUT2D eigenvalue weighted by atomic mass is 10.1. The second-order valence-electron chi connectivity index (χ2n) is 4.78. The van der Waals surface area contributed by atoms with Crippen molar-refractivity contribution in [3.8, 4) is 5.75 Å². The van der Waals surface area contributed by atoms with Gasteiger partial charge in [0.05, 0.1) is 6.10 Å². The first kappa shape index (κ1) is 13.8. The van der Waals surface area contributed by atoms with E-state index in [0.29, 0.717) is 12.8 Å². The minimum atomic E-state index is -1.24. The van der Waals surface area contributed by atoms with Crippen molar-refractivity contribution in [3.63, 3.8) is 0 Å². The number of halogens is 1. The summed E-state index contributed by atoms with van der Waals surface area (Å²) in [4.78, 5) is 11.1. The Morgan fingerprint density at radius 2 is 2.00 bits per heavy atom. The zero-order valence-electron chi connectivity index (χ0n) is 10.5. The van der Waals surface area contributed by atoms with E-state index in [1.807, 2.05) is 0 Å². The van der Waals surface area contributed by atoms with Crippen molar-refractivity contribution in [2.45, 2.75) is 44.3 Å². The highest BCUT2D eigenvalue weighted by molar-refractivity contribution is 5.90. The summed E-state index contributed by atoms with van der Waals surface area (Å²) < 4.78 is 19.2. The van der Waals surface area contributed by atoms with Crippen LogP contribution in [0.4, 0.5) is 4.39 Å². The van der Waals surface area contributed by atoms with Crippen LogP contribution >= 0.6 is 0 Å². The minimum Gasteiger partial charge on any atom is -0.484 e. The normalized spacial score (nSPS) is 23.7.